The summed E-state index contributed by atoms with van der Waals surface area (Å²) in [7, 11) is 0. The summed E-state index contributed by atoms with van der Waals surface area (Å²) in [4.78, 5) is 22.1. The van der Waals surface area contributed by atoms with E-state index in [-0.39, 0.29) is 5.91 Å². The number of imidazole rings is 1. The molecule has 2 aromatic carbocycles. The maximum Gasteiger partial charge on any atom is 0.251 e. The summed E-state index contributed by atoms with van der Waals surface area (Å²) in [5.74, 6) is 0.824. The molecule has 1 aliphatic rings. The lowest BCUT2D eigenvalue weighted by molar-refractivity contribution is 0.0933. The number of amides is 1. The quantitative estimate of drug-likeness (QED) is 0.257. The van der Waals surface area contributed by atoms with Crippen molar-refractivity contribution in [2.45, 2.75) is 62.0 Å². The van der Waals surface area contributed by atoms with Gasteiger partial charge in [-0.05, 0) is 48.2 Å². The summed E-state index contributed by atoms with van der Waals surface area (Å²) in [5.41, 5.74) is 4.94. The van der Waals surface area contributed by atoms with Crippen LogP contribution in [0.4, 0.5) is 0 Å². The third-order valence-electron chi connectivity index (χ3n) is 6.43. The molecule has 1 N–H and O–H groups in total. The van der Waals surface area contributed by atoms with Gasteiger partial charge in [-0.2, -0.15) is 0 Å². The maximum absolute atomic E-state index is 12.7. The highest BCUT2D eigenvalue weighted by Crippen LogP contribution is 2.27. The lowest BCUT2D eigenvalue weighted by atomic mass is 10.1. The molecule has 1 saturated carbocycles. The van der Waals surface area contributed by atoms with Crippen LogP contribution in [-0.2, 0) is 12.3 Å². The molecule has 0 atom stereocenters. The minimum Gasteiger partial charge on any atom is -0.349 e. The van der Waals surface area contributed by atoms with Crippen LogP contribution in [0.5, 0.6) is 0 Å². The lowest BCUT2D eigenvalue weighted by Gasteiger charge is -2.16. The third kappa shape index (κ3) is 5.50. The number of hydrogen-bond donors (Lipinski definition) is 1. The fraction of sp³-hybridized carbons (Fsp3) is 0.321. The second-order valence-electron chi connectivity index (χ2n) is 8.96. The number of carbonyl (C=O) groups is 1. The minimum absolute atomic E-state index is 0.0434. The van der Waals surface area contributed by atoms with Crippen molar-refractivity contribution in [2.75, 3.05) is 0 Å². The van der Waals surface area contributed by atoms with E-state index in [0.29, 0.717) is 6.04 Å². The van der Waals surface area contributed by atoms with Gasteiger partial charge in [-0.3, -0.25) is 9.36 Å². The van der Waals surface area contributed by atoms with E-state index in [2.05, 4.69) is 51.3 Å². The van der Waals surface area contributed by atoms with E-state index in [1.807, 2.05) is 36.5 Å². The standard InChI is InChI=1S/C28H30N4OS/c33-27(30-24-11-6-1-2-7-12-24)23-16-14-22(15-17-23)20-34-28-31-25-13-8-18-29-26(25)32(28)19-21-9-4-3-5-10-21/h3-5,8-10,13-18,24H,1-2,6-7,11-12,19-20H2,(H,30,33). The highest BCUT2D eigenvalue weighted by Gasteiger charge is 2.16. The molecule has 2 heterocycles. The summed E-state index contributed by atoms with van der Waals surface area (Å²) >= 11 is 1.70. The first-order valence-electron chi connectivity index (χ1n) is 12.1. The van der Waals surface area contributed by atoms with Crippen LogP contribution in [0.25, 0.3) is 11.2 Å². The Hall–Kier alpha value is -3.12. The van der Waals surface area contributed by atoms with Gasteiger partial charge < -0.3 is 5.32 Å². The Morgan fingerprint density at radius 3 is 2.44 bits per heavy atom. The Morgan fingerprint density at radius 1 is 0.912 bits per heavy atom. The van der Waals surface area contributed by atoms with Crippen LogP contribution in [0.3, 0.4) is 0 Å². The van der Waals surface area contributed by atoms with E-state index in [1.54, 1.807) is 11.8 Å². The number of nitrogens with one attached hydrogen (secondary N) is 1. The van der Waals surface area contributed by atoms with Crippen molar-refractivity contribution in [3.8, 4) is 0 Å². The number of pyridine rings is 1. The highest BCUT2D eigenvalue weighted by molar-refractivity contribution is 7.98. The summed E-state index contributed by atoms with van der Waals surface area (Å²) in [6, 6.07) is 22.6. The first-order chi connectivity index (χ1) is 16.8. The number of carbonyl (C=O) groups excluding carboxylic acids is 1. The first-order valence-corrected chi connectivity index (χ1v) is 13.1. The van der Waals surface area contributed by atoms with Gasteiger partial charge in [0.15, 0.2) is 10.8 Å². The first kappa shape index (κ1) is 22.7. The summed E-state index contributed by atoms with van der Waals surface area (Å²) < 4.78 is 2.18. The zero-order valence-corrected chi connectivity index (χ0v) is 20.1. The predicted octanol–water partition coefficient (Wildman–Crippen LogP) is 6.22. The Kier molecular flexibility index (Phi) is 7.25. The number of thioether (sulfide) groups is 1. The van der Waals surface area contributed by atoms with Crippen molar-refractivity contribution in [1.82, 2.24) is 19.9 Å². The van der Waals surface area contributed by atoms with E-state index < -0.39 is 0 Å². The molecule has 0 aliphatic heterocycles. The predicted molar refractivity (Wildman–Crippen MR) is 138 cm³/mol. The second kappa shape index (κ2) is 10.9. The number of rotatable bonds is 7. The van der Waals surface area contributed by atoms with E-state index in [0.717, 1.165) is 47.0 Å². The van der Waals surface area contributed by atoms with Crippen LogP contribution in [0.2, 0.25) is 0 Å². The van der Waals surface area contributed by atoms with Gasteiger partial charge in [0.2, 0.25) is 0 Å². The van der Waals surface area contributed by atoms with Crippen molar-refractivity contribution in [3.05, 3.63) is 89.6 Å². The molecule has 6 heteroatoms. The van der Waals surface area contributed by atoms with Gasteiger partial charge in [-0.1, -0.05) is 79.9 Å². The largest absolute Gasteiger partial charge is 0.349 e. The zero-order chi connectivity index (χ0) is 23.2. The summed E-state index contributed by atoms with van der Waals surface area (Å²) in [6.07, 6.45) is 9.01. The molecule has 5 nitrogen and oxygen atoms in total. The Morgan fingerprint density at radius 2 is 1.68 bits per heavy atom. The monoisotopic (exact) mass is 470 g/mol. The number of nitrogens with zero attached hydrogens (tertiary/aromatic N) is 3. The molecule has 1 fully saturated rings. The molecule has 34 heavy (non-hydrogen) atoms. The maximum atomic E-state index is 12.7. The third-order valence-corrected chi connectivity index (χ3v) is 7.47. The van der Waals surface area contributed by atoms with E-state index >= 15 is 0 Å². The SMILES string of the molecule is O=C(NC1CCCCCC1)c1ccc(CSc2nc3cccnc3n2Cc2ccccc2)cc1. The Bertz CT molecular complexity index is 1230. The molecule has 1 amide bonds. The molecule has 4 aromatic rings. The van der Waals surface area contributed by atoms with Gasteiger partial charge in [0.1, 0.15) is 5.52 Å². The fourth-order valence-corrected chi connectivity index (χ4v) is 5.51. The normalized spacial score (nSPS) is 14.7. The molecule has 0 saturated heterocycles. The van der Waals surface area contributed by atoms with Crippen LogP contribution in [0, 0.1) is 0 Å². The molecule has 174 valence electrons. The van der Waals surface area contributed by atoms with Gasteiger partial charge in [0, 0.05) is 23.6 Å². The van der Waals surface area contributed by atoms with E-state index in [1.165, 1.54) is 36.8 Å². The highest BCUT2D eigenvalue weighted by atomic mass is 32.2. The van der Waals surface area contributed by atoms with Crippen LogP contribution < -0.4 is 5.32 Å². The topological polar surface area (TPSA) is 59.8 Å². The summed E-state index contributed by atoms with van der Waals surface area (Å²) in [5, 5.41) is 4.19. The number of aromatic nitrogens is 3. The Balaban J connectivity index is 1.26. The van der Waals surface area contributed by atoms with Gasteiger partial charge in [-0.25, -0.2) is 9.97 Å². The van der Waals surface area contributed by atoms with E-state index in [4.69, 9.17) is 4.98 Å². The molecule has 0 spiro atoms. The van der Waals surface area contributed by atoms with Crippen molar-refractivity contribution < 1.29 is 4.79 Å². The molecular formula is C28H30N4OS. The lowest BCUT2D eigenvalue weighted by Crippen LogP contribution is -2.34. The molecule has 0 radical (unpaired) electrons. The zero-order valence-electron chi connectivity index (χ0n) is 19.3. The number of benzene rings is 2. The van der Waals surface area contributed by atoms with Crippen molar-refractivity contribution in [1.29, 1.82) is 0 Å². The average molecular weight is 471 g/mol. The Labute approximate surface area is 205 Å². The average Bonchev–Trinajstić information content (AvgIpc) is 3.02. The van der Waals surface area contributed by atoms with Gasteiger partial charge in [0.25, 0.3) is 5.91 Å². The second-order valence-corrected chi connectivity index (χ2v) is 9.90. The fourth-order valence-electron chi connectivity index (χ4n) is 4.55. The van der Waals surface area contributed by atoms with Crippen LogP contribution in [-0.4, -0.2) is 26.5 Å². The molecule has 5 rings (SSSR count). The van der Waals surface area contributed by atoms with Crippen LogP contribution in [0.1, 0.15) is 60.0 Å². The molecule has 0 bridgehead atoms. The van der Waals surface area contributed by atoms with Crippen molar-refractivity contribution in [2.24, 2.45) is 0 Å². The number of hydrogen-bond acceptors (Lipinski definition) is 4. The van der Waals surface area contributed by atoms with Crippen LogP contribution >= 0.6 is 11.8 Å². The summed E-state index contributed by atoms with van der Waals surface area (Å²) in [6.45, 7) is 0.733. The smallest absolute Gasteiger partial charge is 0.251 e. The number of fused-ring (bicyclic) bond motifs is 1. The van der Waals surface area contributed by atoms with Crippen LogP contribution in [0.15, 0.2) is 78.1 Å². The molecule has 0 unspecified atom stereocenters. The molecule has 1 aliphatic carbocycles. The minimum atomic E-state index is 0.0434. The van der Waals surface area contributed by atoms with Crippen molar-refractivity contribution >= 4 is 28.8 Å². The molecule has 2 aromatic heterocycles. The van der Waals surface area contributed by atoms with Gasteiger partial charge in [-0.15, -0.1) is 0 Å². The molecular weight excluding hydrogens is 440 g/mol. The van der Waals surface area contributed by atoms with E-state index in [9.17, 15) is 4.79 Å². The van der Waals surface area contributed by atoms with Gasteiger partial charge >= 0.3 is 0 Å². The van der Waals surface area contributed by atoms with Gasteiger partial charge in [0.05, 0.1) is 6.54 Å². The van der Waals surface area contributed by atoms with Crippen molar-refractivity contribution in [3.63, 3.8) is 0 Å².